The van der Waals surface area contributed by atoms with E-state index in [1.165, 1.54) is 103 Å². The number of esters is 1. The number of phosphoric ester groups is 1. The maximum absolute atomic E-state index is 13.5. The molecule has 0 aromatic heterocycles. The van der Waals surface area contributed by atoms with E-state index in [0.29, 0.717) is 17.4 Å². The van der Waals surface area contributed by atoms with Crippen LogP contribution in [0, 0.1) is 0 Å². The van der Waals surface area contributed by atoms with Gasteiger partial charge in [-0.2, -0.15) is 0 Å². The van der Waals surface area contributed by atoms with Gasteiger partial charge in [-0.3, -0.25) is 14.2 Å². The highest BCUT2D eigenvalue weighted by atomic mass is 31.2. The highest BCUT2D eigenvalue weighted by molar-refractivity contribution is 7.45. The molecule has 3 unspecified atom stereocenters. The molecule has 0 rings (SSSR count). The van der Waals surface area contributed by atoms with Gasteiger partial charge in [-0.1, -0.05) is 222 Å². The summed E-state index contributed by atoms with van der Waals surface area (Å²) in [6.07, 6.45) is 65.8. The average Bonchev–Trinajstić information content (AvgIpc) is 3.34. The molecule has 0 spiro atoms. The van der Waals surface area contributed by atoms with E-state index < -0.39 is 26.6 Å². The lowest BCUT2D eigenvalue weighted by molar-refractivity contribution is -0.870. The zero-order chi connectivity index (χ0) is 52.9. The summed E-state index contributed by atoms with van der Waals surface area (Å²) < 4.78 is 30.2. The van der Waals surface area contributed by atoms with Crippen LogP contribution in [-0.2, 0) is 27.9 Å². The van der Waals surface area contributed by atoms with E-state index in [2.05, 4.69) is 86.8 Å². The van der Waals surface area contributed by atoms with Crippen LogP contribution in [0.4, 0.5) is 0 Å². The summed E-state index contributed by atoms with van der Waals surface area (Å²) in [6.45, 7) is 6.69. The molecule has 0 heterocycles. The van der Waals surface area contributed by atoms with Gasteiger partial charge in [0.15, 0.2) is 0 Å². The van der Waals surface area contributed by atoms with Crippen LogP contribution < -0.4 is 10.2 Å². The summed E-state index contributed by atoms with van der Waals surface area (Å²) in [6, 6.07) is -0.898. The van der Waals surface area contributed by atoms with Gasteiger partial charge in [0.25, 0.3) is 7.82 Å². The predicted molar refractivity (Wildman–Crippen MR) is 307 cm³/mol. The zero-order valence-corrected chi connectivity index (χ0v) is 48.5. The molecule has 0 aromatic carbocycles. The Balaban J connectivity index is 5.28. The fraction of sp³-hybridized carbons (Fsp3) is 0.774. The van der Waals surface area contributed by atoms with Crippen molar-refractivity contribution in [3.8, 4) is 0 Å². The van der Waals surface area contributed by atoms with Crippen LogP contribution in [0.5, 0.6) is 0 Å². The summed E-state index contributed by atoms with van der Waals surface area (Å²) in [5.74, 6) is -0.561. The van der Waals surface area contributed by atoms with E-state index in [1.54, 1.807) is 0 Å². The molecule has 9 nitrogen and oxygen atoms in total. The topological polar surface area (TPSA) is 114 Å². The molecule has 0 aliphatic carbocycles. The monoisotopic (exact) mass is 1030 g/mol. The summed E-state index contributed by atoms with van der Waals surface area (Å²) >= 11 is 0. The van der Waals surface area contributed by atoms with Crippen molar-refractivity contribution in [3.05, 3.63) is 72.9 Å². The molecule has 1 amide bonds. The first-order valence-electron chi connectivity index (χ1n) is 29.7. The number of ether oxygens (including phenoxy) is 1. The zero-order valence-electron chi connectivity index (χ0n) is 47.6. The third-order valence-electron chi connectivity index (χ3n) is 12.9. The van der Waals surface area contributed by atoms with Crippen molar-refractivity contribution < 1.29 is 37.3 Å². The van der Waals surface area contributed by atoms with Crippen LogP contribution in [0.15, 0.2) is 72.9 Å². The number of nitrogens with zero attached hydrogens (tertiary/aromatic N) is 1. The van der Waals surface area contributed by atoms with Crippen molar-refractivity contribution in [1.82, 2.24) is 5.32 Å². The number of hydrogen-bond acceptors (Lipinski definition) is 7. The van der Waals surface area contributed by atoms with Crippen molar-refractivity contribution in [3.63, 3.8) is 0 Å². The van der Waals surface area contributed by atoms with E-state index in [-0.39, 0.29) is 24.9 Å². The molecule has 418 valence electrons. The minimum atomic E-state index is -4.70. The first kappa shape index (κ1) is 69.5. The molecule has 0 bridgehead atoms. The maximum Gasteiger partial charge on any atom is 0.306 e. The fourth-order valence-electron chi connectivity index (χ4n) is 8.27. The Morgan fingerprint density at radius 2 is 0.889 bits per heavy atom. The van der Waals surface area contributed by atoms with E-state index in [9.17, 15) is 19.0 Å². The van der Waals surface area contributed by atoms with Gasteiger partial charge in [-0.05, 0) is 96.0 Å². The molecule has 0 fully saturated rings. The molecule has 0 radical (unpaired) electrons. The second kappa shape index (κ2) is 51.9. The third-order valence-corrected chi connectivity index (χ3v) is 13.8. The van der Waals surface area contributed by atoms with Crippen LogP contribution in [0.3, 0.4) is 0 Å². The van der Waals surface area contributed by atoms with Gasteiger partial charge in [0.1, 0.15) is 19.3 Å². The summed E-state index contributed by atoms with van der Waals surface area (Å²) in [5.41, 5.74) is 0. The Morgan fingerprint density at radius 3 is 1.36 bits per heavy atom. The van der Waals surface area contributed by atoms with Crippen LogP contribution in [-0.4, -0.2) is 69.4 Å². The second-order valence-electron chi connectivity index (χ2n) is 21.1. The molecule has 3 atom stereocenters. The molecule has 0 saturated carbocycles. The standard InChI is InChI=1S/C62H113N2O7P/c1-7-10-13-16-19-22-25-27-29-31-32-33-35-37-40-43-46-49-52-55-62(66)71-60(53-50-47-44-41-38-24-21-18-15-12-9-3)59(58-70-72(67,68)69-57-56-64(4,5)6)63-61(65)54-51-48-45-42-39-36-34-30-28-26-23-20-17-14-11-8-2/h11,14,19-20,22-23,27-30,50,53,59-60H,7-10,12-13,15-18,21,24-26,31-49,51-52,54-58H2,1-6H3,(H-,63,65,67,68)/b14-11+,22-19-,23-20+,29-27-,30-28+,53-50+. The van der Waals surface area contributed by atoms with Gasteiger partial charge in [-0.25, -0.2) is 0 Å². The Hall–Kier alpha value is -2.55. The summed E-state index contributed by atoms with van der Waals surface area (Å²) in [5, 5.41) is 3.01. The normalized spacial score (nSPS) is 14.3. The van der Waals surface area contributed by atoms with E-state index in [4.69, 9.17) is 13.8 Å². The number of nitrogens with one attached hydrogen (secondary N) is 1. The van der Waals surface area contributed by atoms with Gasteiger partial charge in [0.2, 0.25) is 5.91 Å². The molecule has 1 N–H and O–H groups in total. The highest BCUT2D eigenvalue weighted by Crippen LogP contribution is 2.38. The Labute approximate surface area is 444 Å². The summed E-state index contributed by atoms with van der Waals surface area (Å²) in [7, 11) is 1.17. The minimum absolute atomic E-state index is 0.0281. The van der Waals surface area contributed by atoms with Gasteiger partial charge in [0.05, 0.1) is 33.8 Å². The number of amides is 1. The highest BCUT2D eigenvalue weighted by Gasteiger charge is 2.27. The predicted octanol–water partition coefficient (Wildman–Crippen LogP) is 17.4. The van der Waals surface area contributed by atoms with Crippen molar-refractivity contribution in [2.45, 2.75) is 270 Å². The number of quaternary nitrogens is 1. The van der Waals surface area contributed by atoms with E-state index in [0.717, 1.165) is 122 Å². The molecule has 10 heteroatoms. The van der Waals surface area contributed by atoms with Gasteiger partial charge in [0, 0.05) is 12.8 Å². The van der Waals surface area contributed by atoms with Crippen molar-refractivity contribution >= 4 is 19.7 Å². The molecular weight excluding hydrogens is 916 g/mol. The van der Waals surface area contributed by atoms with Crippen molar-refractivity contribution in [2.75, 3.05) is 40.9 Å². The molecule has 0 aliphatic rings. The lowest BCUT2D eigenvalue weighted by Crippen LogP contribution is -2.47. The number of rotatable bonds is 53. The van der Waals surface area contributed by atoms with Crippen LogP contribution in [0.1, 0.15) is 258 Å². The third kappa shape index (κ3) is 52.3. The number of allylic oxidation sites excluding steroid dienone is 11. The summed E-state index contributed by atoms with van der Waals surface area (Å²) in [4.78, 5) is 39.9. The lowest BCUT2D eigenvalue weighted by atomic mass is 10.0. The Bertz CT molecular complexity index is 1460. The van der Waals surface area contributed by atoms with E-state index in [1.807, 2.05) is 33.3 Å². The molecule has 0 aliphatic heterocycles. The quantitative estimate of drug-likeness (QED) is 0.0212. The van der Waals surface area contributed by atoms with E-state index >= 15 is 0 Å². The minimum Gasteiger partial charge on any atom is -0.756 e. The molecule has 0 saturated heterocycles. The number of carbonyl (C=O) groups is 2. The lowest BCUT2D eigenvalue weighted by Gasteiger charge is -2.30. The second-order valence-corrected chi connectivity index (χ2v) is 22.5. The van der Waals surface area contributed by atoms with Crippen LogP contribution in [0.2, 0.25) is 0 Å². The SMILES string of the molecule is CC/C=C/C/C=C/C/C=C/CCCCCCCCC(=O)NC(COP(=O)([O-])OCC[N+](C)(C)C)C(/C=C/CCCCCCCCCCC)OC(=O)CCCCCCCCCCC/C=C\C/C=C\CCCCC. The molecule has 0 aromatic rings. The average molecular weight is 1030 g/mol. The number of likely N-dealkylation sites (N-methyl/N-ethyl adjacent to an activating group) is 1. The van der Waals surface area contributed by atoms with Gasteiger partial charge >= 0.3 is 5.97 Å². The van der Waals surface area contributed by atoms with Crippen LogP contribution >= 0.6 is 7.82 Å². The van der Waals surface area contributed by atoms with Gasteiger partial charge in [-0.15, -0.1) is 0 Å². The van der Waals surface area contributed by atoms with Crippen LogP contribution in [0.25, 0.3) is 0 Å². The number of carbonyl (C=O) groups excluding carboxylic acids is 2. The van der Waals surface area contributed by atoms with Crippen molar-refractivity contribution in [1.29, 1.82) is 0 Å². The molecule has 72 heavy (non-hydrogen) atoms. The number of phosphoric acid groups is 1. The largest absolute Gasteiger partial charge is 0.756 e. The fourth-order valence-corrected chi connectivity index (χ4v) is 8.99. The van der Waals surface area contributed by atoms with Gasteiger partial charge < -0.3 is 28.5 Å². The number of hydrogen-bond donors (Lipinski definition) is 1. The first-order chi connectivity index (χ1) is 34.9. The number of unbranched alkanes of at least 4 members (excludes halogenated alkanes) is 27. The Morgan fingerprint density at radius 1 is 0.500 bits per heavy atom. The first-order valence-corrected chi connectivity index (χ1v) is 31.2. The Kier molecular flexibility index (Phi) is 50.1. The maximum atomic E-state index is 13.5. The smallest absolute Gasteiger partial charge is 0.306 e. The van der Waals surface area contributed by atoms with Crippen molar-refractivity contribution in [2.24, 2.45) is 0 Å². The molecular formula is C62H113N2O7P.